The predicted molar refractivity (Wildman–Crippen MR) is 83.7 cm³/mol. The maximum atomic E-state index is 14.6. The van der Waals surface area contributed by atoms with E-state index in [9.17, 15) is 4.39 Å². The van der Waals surface area contributed by atoms with Crippen LogP contribution in [0.2, 0.25) is 5.02 Å². The summed E-state index contributed by atoms with van der Waals surface area (Å²) in [6.45, 7) is -0.0135. The first-order chi connectivity index (χ1) is 11.2. The van der Waals surface area contributed by atoms with E-state index in [1.807, 2.05) is 6.07 Å². The predicted octanol–water partition coefficient (Wildman–Crippen LogP) is 5.47. The summed E-state index contributed by atoms with van der Waals surface area (Å²) in [6.07, 6.45) is 1.80. The Kier molecular flexibility index (Phi) is 4.37. The zero-order valence-corrected chi connectivity index (χ0v) is 12.6. The third kappa shape index (κ3) is 3.23. The molecule has 0 saturated carbocycles. The molecule has 0 fully saturated rings. The van der Waals surface area contributed by atoms with Gasteiger partial charge in [0.1, 0.15) is 18.3 Å². The second kappa shape index (κ2) is 6.60. The van der Waals surface area contributed by atoms with Crippen molar-refractivity contribution in [1.82, 2.24) is 0 Å². The Balaban J connectivity index is 2.09. The number of hydrogen-bond acceptors (Lipinski definition) is 3. The fourth-order valence-corrected chi connectivity index (χ4v) is 2.58. The molecule has 1 aliphatic heterocycles. The van der Waals surface area contributed by atoms with Gasteiger partial charge in [0.2, 0.25) is 0 Å². The maximum Gasteiger partial charge on any atom is 0.269 e. The Labute approximate surface area is 136 Å². The lowest BCUT2D eigenvalue weighted by Gasteiger charge is -2.17. The molecule has 0 aliphatic carbocycles. The fraction of sp³-hybridized carbons (Fsp3) is 0.125. The van der Waals surface area contributed by atoms with Gasteiger partial charge in [-0.3, -0.25) is 0 Å². The molecule has 0 aromatic heterocycles. The monoisotopic (exact) mass is 331 g/mol. The molecular weight excluding hydrogens is 321 g/mol. The van der Waals surface area contributed by atoms with Crippen molar-refractivity contribution in [1.29, 1.82) is 0 Å². The van der Waals surface area contributed by atoms with Crippen LogP contribution in [0, 0.1) is 5.82 Å². The zero-order chi connectivity index (χ0) is 16.2. The molecule has 0 bridgehead atoms. The molecule has 0 spiro atoms. The molecule has 0 atom stereocenters. The minimum atomic E-state index is -0.882. The Bertz CT molecular complexity index is 811. The maximum absolute atomic E-state index is 14.6. The van der Waals surface area contributed by atoms with Crippen molar-refractivity contribution >= 4 is 11.6 Å². The summed E-state index contributed by atoms with van der Waals surface area (Å²) in [5.74, 6) is -0.501. The number of halogens is 2. The summed E-state index contributed by atoms with van der Waals surface area (Å²) >= 11 is 5.98. The minimum Gasteiger partial charge on any atom is -0.455 e. The third-order valence-corrected chi connectivity index (χ3v) is 3.61. The van der Waals surface area contributed by atoms with E-state index in [4.69, 9.17) is 26.6 Å². The molecule has 0 N–H and O–H groups in total. The fourth-order valence-electron chi connectivity index (χ4n) is 2.39. The summed E-state index contributed by atoms with van der Waals surface area (Å²) in [4.78, 5) is 2.73. The zero-order valence-electron chi connectivity index (χ0n) is 11.8. The summed E-state index contributed by atoms with van der Waals surface area (Å²) in [5.41, 5.74) is 10.6. The van der Waals surface area contributed by atoms with Crippen LogP contribution in [-0.2, 0) is 16.0 Å². The Morgan fingerprint density at radius 3 is 2.65 bits per heavy atom. The third-order valence-electron chi connectivity index (χ3n) is 3.37. The average molecular weight is 332 g/mol. The standard InChI is InChI=1S/C16H11ClFN3O2/c17-13-3-1-2-10(7-13)11-6-12(9-20-21-19)15(14(18)8-11)16-22-4-5-23-16/h1-8,16H,9H2. The highest BCUT2D eigenvalue weighted by Crippen LogP contribution is 2.34. The quantitative estimate of drug-likeness (QED) is 0.423. The van der Waals surface area contributed by atoms with Gasteiger partial charge in [-0.25, -0.2) is 4.39 Å². The summed E-state index contributed by atoms with van der Waals surface area (Å²) in [7, 11) is 0. The number of nitrogens with zero attached hydrogens (tertiary/aromatic N) is 3. The second-order valence-corrected chi connectivity index (χ2v) is 5.24. The number of azide groups is 1. The lowest BCUT2D eigenvalue weighted by molar-refractivity contribution is -0.0277. The molecule has 0 saturated heterocycles. The molecule has 116 valence electrons. The molecule has 7 heteroatoms. The Morgan fingerprint density at radius 2 is 1.96 bits per heavy atom. The van der Waals surface area contributed by atoms with Crippen molar-refractivity contribution in [2.45, 2.75) is 12.8 Å². The van der Waals surface area contributed by atoms with Crippen molar-refractivity contribution in [2.24, 2.45) is 5.11 Å². The van der Waals surface area contributed by atoms with E-state index in [0.29, 0.717) is 16.1 Å². The number of benzene rings is 2. The van der Waals surface area contributed by atoms with E-state index in [0.717, 1.165) is 5.56 Å². The van der Waals surface area contributed by atoms with E-state index in [2.05, 4.69) is 10.0 Å². The highest BCUT2D eigenvalue weighted by molar-refractivity contribution is 6.30. The normalized spacial score (nSPS) is 13.3. The van der Waals surface area contributed by atoms with Crippen molar-refractivity contribution < 1.29 is 13.9 Å². The van der Waals surface area contributed by atoms with Crippen molar-refractivity contribution in [3.63, 3.8) is 0 Å². The smallest absolute Gasteiger partial charge is 0.269 e. The van der Waals surface area contributed by atoms with Gasteiger partial charge in [-0.2, -0.15) is 0 Å². The largest absolute Gasteiger partial charge is 0.455 e. The van der Waals surface area contributed by atoms with Crippen molar-refractivity contribution in [3.05, 3.63) is 81.3 Å². The van der Waals surface area contributed by atoms with Crippen LogP contribution in [0.15, 0.2) is 54.0 Å². The van der Waals surface area contributed by atoms with Gasteiger partial charge < -0.3 is 9.47 Å². The summed E-state index contributed by atoms with van der Waals surface area (Å²) in [6, 6.07) is 10.2. The van der Waals surface area contributed by atoms with E-state index in [-0.39, 0.29) is 12.1 Å². The Morgan fingerprint density at radius 1 is 1.17 bits per heavy atom. The SMILES string of the molecule is [N-]=[N+]=NCc1cc(-c2cccc(Cl)c2)cc(F)c1C1OC=CO1. The van der Waals surface area contributed by atoms with E-state index in [1.165, 1.54) is 18.6 Å². The van der Waals surface area contributed by atoms with Gasteiger partial charge in [-0.1, -0.05) is 34.9 Å². The number of rotatable bonds is 4. The van der Waals surface area contributed by atoms with Crippen LogP contribution < -0.4 is 0 Å². The highest BCUT2D eigenvalue weighted by Gasteiger charge is 2.24. The van der Waals surface area contributed by atoms with Crippen LogP contribution in [0.4, 0.5) is 4.39 Å². The van der Waals surface area contributed by atoms with Gasteiger partial charge in [0.25, 0.3) is 6.29 Å². The molecule has 2 aromatic rings. The van der Waals surface area contributed by atoms with Gasteiger partial charge in [-0.15, -0.1) is 0 Å². The molecule has 2 aromatic carbocycles. The summed E-state index contributed by atoms with van der Waals surface area (Å²) in [5, 5.41) is 4.07. The van der Waals surface area contributed by atoms with Crippen LogP contribution in [0.3, 0.4) is 0 Å². The van der Waals surface area contributed by atoms with Crippen LogP contribution >= 0.6 is 11.6 Å². The van der Waals surface area contributed by atoms with Crippen molar-refractivity contribution in [3.8, 4) is 11.1 Å². The van der Waals surface area contributed by atoms with Gasteiger partial charge >= 0.3 is 0 Å². The molecule has 1 heterocycles. The number of hydrogen-bond donors (Lipinski definition) is 0. The van der Waals surface area contributed by atoms with Gasteiger partial charge in [-0.05, 0) is 40.4 Å². The van der Waals surface area contributed by atoms with Crippen molar-refractivity contribution in [2.75, 3.05) is 0 Å². The molecule has 0 amide bonds. The first-order valence-electron chi connectivity index (χ1n) is 6.74. The van der Waals surface area contributed by atoms with Gasteiger partial charge in [0, 0.05) is 9.93 Å². The highest BCUT2D eigenvalue weighted by atomic mass is 35.5. The second-order valence-electron chi connectivity index (χ2n) is 4.81. The lowest BCUT2D eigenvalue weighted by atomic mass is 9.98. The molecular formula is C16H11ClFN3O2. The topological polar surface area (TPSA) is 67.2 Å². The van der Waals surface area contributed by atoms with Crippen LogP contribution in [0.5, 0.6) is 0 Å². The van der Waals surface area contributed by atoms with E-state index < -0.39 is 12.1 Å². The van der Waals surface area contributed by atoms with Gasteiger partial charge in [0.05, 0.1) is 12.1 Å². The number of ether oxygens (including phenoxy) is 2. The Hall–Kier alpha value is -2.69. The van der Waals surface area contributed by atoms with Crippen LogP contribution in [-0.4, -0.2) is 0 Å². The molecule has 23 heavy (non-hydrogen) atoms. The molecule has 0 radical (unpaired) electrons. The van der Waals surface area contributed by atoms with E-state index in [1.54, 1.807) is 24.3 Å². The summed E-state index contributed by atoms with van der Waals surface area (Å²) < 4.78 is 25.0. The molecule has 0 unspecified atom stereocenters. The minimum absolute atomic E-state index is 0.0135. The lowest BCUT2D eigenvalue weighted by Crippen LogP contribution is -2.06. The first kappa shape index (κ1) is 15.2. The molecule has 5 nitrogen and oxygen atoms in total. The average Bonchev–Trinajstić information content (AvgIpc) is 3.06. The van der Waals surface area contributed by atoms with Crippen LogP contribution in [0.25, 0.3) is 21.6 Å². The first-order valence-corrected chi connectivity index (χ1v) is 7.12. The van der Waals surface area contributed by atoms with E-state index >= 15 is 0 Å². The van der Waals surface area contributed by atoms with Crippen LogP contribution in [0.1, 0.15) is 17.4 Å². The molecule has 3 rings (SSSR count). The van der Waals surface area contributed by atoms with Gasteiger partial charge in [0.15, 0.2) is 0 Å². The molecule has 1 aliphatic rings.